The number of piperidine rings is 1. The highest BCUT2D eigenvalue weighted by atomic mass is 16.5. The Morgan fingerprint density at radius 3 is 2.59 bits per heavy atom. The molecule has 1 amide bonds. The SMILES string of the molecule is COc1ccc(CC(=O)NCCCN2CCC(C)CC2)cc1. The average molecular weight is 304 g/mol. The summed E-state index contributed by atoms with van der Waals surface area (Å²) in [7, 11) is 1.64. The molecule has 1 aliphatic rings. The van der Waals surface area contributed by atoms with Crippen LogP contribution in [0.25, 0.3) is 0 Å². The Bertz CT molecular complexity index is 451. The maximum Gasteiger partial charge on any atom is 0.224 e. The number of ether oxygens (including phenoxy) is 1. The van der Waals surface area contributed by atoms with E-state index in [1.165, 1.54) is 25.9 Å². The van der Waals surface area contributed by atoms with Crippen LogP contribution in [0.4, 0.5) is 0 Å². The molecule has 1 aromatic rings. The minimum Gasteiger partial charge on any atom is -0.497 e. The molecule has 0 aliphatic carbocycles. The smallest absolute Gasteiger partial charge is 0.224 e. The maximum atomic E-state index is 11.9. The van der Waals surface area contributed by atoms with E-state index in [0.717, 1.165) is 36.7 Å². The fraction of sp³-hybridized carbons (Fsp3) is 0.611. The van der Waals surface area contributed by atoms with Gasteiger partial charge in [-0.2, -0.15) is 0 Å². The molecule has 1 saturated heterocycles. The highest BCUT2D eigenvalue weighted by molar-refractivity contribution is 5.78. The first-order valence-corrected chi connectivity index (χ1v) is 8.29. The summed E-state index contributed by atoms with van der Waals surface area (Å²) >= 11 is 0. The van der Waals surface area contributed by atoms with E-state index in [0.29, 0.717) is 6.42 Å². The van der Waals surface area contributed by atoms with Crippen LogP contribution >= 0.6 is 0 Å². The average Bonchev–Trinajstić information content (AvgIpc) is 2.54. The zero-order valence-corrected chi connectivity index (χ0v) is 13.8. The second-order valence-corrected chi connectivity index (χ2v) is 6.25. The number of nitrogens with one attached hydrogen (secondary N) is 1. The highest BCUT2D eigenvalue weighted by Gasteiger charge is 2.14. The standard InChI is InChI=1S/C18H28N2O2/c1-15-8-12-20(13-9-15)11-3-10-19-18(21)14-16-4-6-17(22-2)7-5-16/h4-7,15H,3,8-14H2,1-2H3,(H,19,21). The van der Waals surface area contributed by atoms with Crippen molar-refractivity contribution in [3.63, 3.8) is 0 Å². The van der Waals surface area contributed by atoms with Gasteiger partial charge in [-0.3, -0.25) is 4.79 Å². The van der Waals surface area contributed by atoms with Crippen LogP contribution in [0.15, 0.2) is 24.3 Å². The fourth-order valence-corrected chi connectivity index (χ4v) is 2.81. The van der Waals surface area contributed by atoms with Crippen molar-refractivity contribution >= 4 is 5.91 Å². The molecule has 22 heavy (non-hydrogen) atoms. The van der Waals surface area contributed by atoms with Crippen molar-refractivity contribution in [3.05, 3.63) is 29.8 Å². The zero-order chi connectivity index (χ0) is 15.8. The van der Waals surface area contributed by atoms with Gasteiger partial charge < -0.3 is 15.0 Å². The first-order chi connectivity index (χ1) is 10.7. The van der Waals surface area contributed by atoms with Gasteiger partial charge in [-0.05, 0) is 62.5 Å². The van der Waals surface area contributed by atoms with Gasteiger partial charge in [-0.1, -0.05) is 19.1 Å². The van der Waals surface area contributed by atoms with Crippen LogP contribution in [0.3, 0.4) is 0 Å². The van der Waals surface area contributed by atoms with Crippen molar-refractivity contribution in [2.45, 2.75) is 32.6 Å². The Balaban J connectivity index is 1.59. The van der Waals surface area contributed by atoms with Gasteiger partial charge >= 0.3 is 0 Å². The van der Waals surface area contributed by atoms with Gasteiger partial charge in [0.2, 0.25) is 5.91 Å². The van der Waals surface area contributed by atoms with Crippen molar-refractivity contribution in [3.8, 4) is 5.75 Å². The fourth-order valence-electron chi connectivity index (χ4n) is 2.81. The van der Waals surface area contributed by atoms with E-state index in [9.17, 15) is 4.79 Å². The molecule has 1 N–H and O–H groups in total. The first-order valence-electron chi connectivity index (χ1n) is 8.29. The zero-order valence-electron chi connectivity index (χ0n) is 13.8. The van der Waals surface area contributed by atoms with Crippen LogP contribution < -0.4 is 10.1 Å². The van der Waals surface area contributed by atoms with E-state index >= 15 is 0 Å². The Morgan fingerprint density at radius 2 is 1.95 bits per heavy atom. The molecule has 0 bridgehead atoms. The topological polar surface area (TPSA) is 41.6 Å². The molecule has 0 atom stereocenters. The monoisotopic (exact) mass is 304 g/mol. The molecule has 0 aromatic heterocycles. The molecule has 122 valence electrons. The van der Waals surface area contributed by atoms with Crippen LogP contribution in [0, 0.1) is 5.92 Å². The molecule has 1 aromatic carbocycles. The Kier molecular flexibility index (Phi) is 6.72. The number of carbonyl (C=O) groups is 1. The summed E-state index contributed by atoms with van der Waals surface area (Å²) in [5, 5.41) is 3.01. The van der Waals surface area contributed by atoms with E-state index < -0.39 is 0 Å². The molecular weight excluding hydrogens is 276 g/mol. The number of hydrogen-bond donors (Lipinski definition) is 1. The molecular formula is C18H28N2O2. The summed E-state index contributed by atoms with van der Waals surface area (Å²) in [6.45, 7) is 6.61. The van der Waals surface area contributed by atoms with E-state index in [4.69, 9.17) is 4.74 Å². The van der Waals surface area contributed by atoms with Gasteiger partial charge in [0.1, 0.15) is 5.75 Å². The highest BCUT2D eigenvalue weighted by Crippen LogP contribution is 2.15. The lowest BCUT2D eigenvalue weighted by atomic mass is 9.99. The van der Waals surface area contributed by atoms with Crippen molar-refractivity contribution in [1.82, 2.24) is 10.2 Å². The van der Waals surface area contributed by atoms with Crippen LogP contribution in [0.2, 0.25) is 0 Å². The molecule has 2 rings (SSSR count). The third kappa shape index (κ3) is 5.68. The van der Waals surface area contributed by atoms with Crippen LogP contribution in [-0.4, -0.2) is 44.1 Å². The van der Waals surface area contributed by atoms with Crippen LogP contribution in [0.1, 0.15) is 31.7 Å². The Labute approximate surface area is 133 Å². The van der Waals surface area contributed by atoms with Gasteiger partial charge in [-0.15, -0.1) is 0 Å². The largest absolute Gasteiger partial charge is 0.497 e. The van der Waals surface area contributed by atoms with Gasteiger partial charge in [0.05, 0.1) is 13.5 Å². The molecule has 4 heteroatoms. The van der Waals surface area contributed by atoms with Gasteiger partial charge in [-0.25, -0.2) is 0 Å². The van der Waals surface area contributed by atoms with Gasteiger partial charge in [0.25, 0.3) is 0 Å². The molecule has 0 unspecified atom stereocenters. The molecule has 1 aliphatic heterocycles. The van der Waals surface area contributed by atoms with E-state index in [2.05, 4.69) is 17.1 Å². The van der Waals surface area contributed by atoms with Crippen molar-refractivity contribution in [2.75, 3.05) is 33.3 Å². The summed E-state index contributed by atoms with van der Waals surface area (Å²) in [5.74, 6) is 1.79. The minimum absolute atomic E-state index is 0.0948. The number of rotatable bonds is 7. The summed E-state index contributed by atoms with van der Waals surface area (Å²) in [4.78, 5) is 14.4. The van der Waals surface area contributed by atoms with E-state index in [-0.39, 0.29) is 5.91 Å². The summed E-state index contributed by atoms with van der Waals surface area (Å²) in [6.07, 6.45) is 4.08. The predicted octanol–water partition coefficient (Wildman–Crippen LogP) is 2.48. The number of benzene rings is 1. The van der Waals surface area contributed by atoms with Crippen LogP contribution in [0.5, 0.6) is 5.75 Å². The first kappa shape index (κ1) is 16.8. The summed E-state index contributed by atoms with van der Waals surface area (Å²) in [5.41, 5.74) is 1.02. The second-order valence-electron chi connectivity index (χ2n) is 6.25. The molecule has 1 heterocycles. The lowest BCUT2D eigenvalue weighted by molar-refractivity contribution is -0.120. The number of methoxy groups -OCH3 is 1. The number of nitrogens with zero attached hydrogens (tertiary/aromatic N) is 1. The normalized spacial score (nSPS) is 16.5. The predicted molar refractivity (Wildman–Crippen MR) is 89.2 cm³/mol. The van der Waals surface area contributed by atoms with E-state index in [1.54, 1.807) is 7.11 Å². The molecule has 1 fully saturated rings. The summed E-state index contributed by atoms with van der Waals surface area (Å²) in [6, 6.07) is 7.65. The third-order valence-corrected chi connectivity index (χ3v) is 4.37. The number of likely N-dealkylation sites (tertiary alicyclic amines) is 1. The quantitative estimate of drug-likeness (QED) is 0.787. The number of carbonyl (C=O) groups excluding carboxylic acids is 1. The van der Waals surface area contributed by atoms with Crippen molar-refractivity contribution in [2.24, 2.45) is 5.92 Å². The van der Waals surface area contributed by atoms with E-state index in [1.807, 2.05) is 24.3 Å². The molecule has 4 nitrogen and oxygen atoms in total. The lowest BCUT2D eigenvalue weighted by Crippen LogP contribution is -2.35. The maximum absolute atomic E-state index is 11.9. The lowest BCUT2D eigenvalue weighted by Gasteiger charge is -2.30. The second kappa shape index (κ2) is 8.79. The Morgan fingerprint density at radius 1 is 1.27 bits per heavy atom. The van der Waals surface area contributed by atoms with Crippen LogP contribution in [-0.2, 0) is 11.2 Å². The van der Waals surface area contributed by atoms with Crippen molar-refractivity contribution in [1.29, 1.82) is 0 Å². The molecule has 0 saturated carbocycles. The molecule has 0 radical (unpaired) electrons. The minimum atomic E-state index is 0.0948. The number of amides is 1. The Hall–Kier alpha value is -1.55. The number of hydrogen-bond acceptors (Lipinski definition) is 3. The van der Waals surface area contributed by atoms with Crippen molar-refractivity contribution < 1.29 is 9.53 Å². The molecule has 0 spiro atoms. The third-order valence-electron chi connectivity index (χ3n) is 4.37. The summed E-state index contributed by atoms with van der Waals surface area (Å²) < 4.78 is 5.11. The van der Waals surface area contributed by atoms with Gasteiger partial charge in [0, 0.05) is 6.54 Å². The van der Waals surface area contributed by atoms with Gasteiger partial charge in [0.15, 0.2) is 0 Å².